The van der Waals surface area contributed by atoms with Gasteiger partial charge in [-0.25, -0.2) is 0 Å². The van der Waals surface area contributed by atoms with E-state index in [4.69, 9.17) is 0 Å². The number of carbonyl (C=O) groups is 2. The second-order valence-electron chi connectivity index (χ2n) is 4.41. The van der Waals surface area contributed by atoms with E-state index in [-0.39, 0.29) is 18.8 Å². The summed E-state index contributed by atoms with van der Waals surface area (Å²) in [5.41, 5.74) is 0.470. The minimum absolute atomic E-state index is 0.0803. The van der Waals surface area contributed by atoms with E-state index in [1.54, 1.807) is 18.2 Å². The van der Waals surface area contributed by atoms with E-state index in [1.165, 1.54) is 17.9 Å². The van der Waals surface area contributed by atoms with Crippen molar-refractivity contribution in [3.8, 4) is 0 Å². The van der Waals surface area contributed by atoms with Crippen LogP contribution in [-0.2, 0) is 20.9 Å². The summed E-state index contributed by atoms with van der Waals surface area (Å²) >= 11 is 3.29. The number of ether oxygens (including phenoxy) is 1. The number of nitro groups is 1. The molecule has 1 N–H and O–H groups in total. The third kappa shape index (κ3) is 3.42. The van der Waals surface area contributed by atoms with Gasteiger partial charge in [-0.05, 0) is 18.2 Å². The minimum Gasteiger partial charge on any atom is -0.468 e. The average molecular weight is 370 g/mol. The summed E-state index contributed by atoms with van der Waals surface area (Å²) in [5, 5.41) is 13.9. The summed E-state index contributed by atoms with van der Waals surface area (Å²) in [6, 6.07) is 4.99. The van der Waals surface area contributed by atoms with Gasteiger partial charge in [-0.1, -0.05) is 15.9 Å². The predicted octanol–water partition coefficient (Wildman–Crippen LogP) is 1.60. The lowest BCUT2D eigenvalue weighted by Crippen LogP contribution is -2.32. The number of methoxy groups -OCH3 is 1. The van der Waals surface area contributed by atoms with Crippen molar-refractivity contribution in [2.75, 3.05) is 13.7 Å². The van der Waals surface area contributed by atoms with Crippen molar-refractivity contribution in [3.05, 3.63) is 39.0 Å². The fourth-order valence-corrected chi connectivity index (χ4v) is 2.32. The van der Waals surface area contributed by atoms with E-state index < -0.39 is 16.8 Å². The van der Waals surface area contributed by atoms with Crippen molar-refractivity contribution in [1.82, 2.24) is 9.88 Å². The molecule has 0 aliphatic rings. The SMILES string of the molecule is COC(=O)CNC(=O)Cn1cc([N+](=O)[O-])c2ccc(Br)cc21. The molecule has 2 aromatic rings. The van der Waals surface area contributed by atoms with Crippen LogP contribution in [0, 0.1) is 10.1 Å². The van der Waals surface area contributed by atoms with Gasteiger partial charge in [0.25, 0.3) is 5.69 Å². The van der Waals surface area contributed by atoms with Crippen molar-refractivity contribution in [1.29, 1.82) is 0 Å². The van der Waals surface area contributed by atoms with Crippen LogP contribution in [0.15, 0.2) is 28.9 Å². The quantitative estimate of drug-likeness (QED) is 0.489. The zero-order chi connectivity index (χ0) is 16.3. The first-order valence-electron chi connectivity index (χ1n) is 6.18. The zero-order valence-electron chi connectivity index (χ0n) is 11.5. The highest BCUT2D eigenvalue weighted by Gasteiger charge is 2.19. The van der Waals surface area contributed by atoms with Crippen LogP contribution in [0.2, 0.25) is 0 Å². The minimum atomic E-state index is -0.570. The molecular formula is C13H12BrN3O5. The summed E-state index contributed by atoms with van der Waals surface area (Å²) in [4.78, 5) is 33.4. The number of esters is 1. The summed E-state index contributed by atoms with van der Waals surface area (Å²) < 4.78 is 6.62. The number of hydrogen-bond acceptors (Lipinski definition) is 5. The van der Waals surface area contributed by atoms with Crippen molar-refractivity contribution in [2.45, 2.75) is 6.54 Å². The van der Waals surface area contributed by atoms with Crippen LogP contribution in [0.5, 0.6) is 0 Å². The molecule has 1 aromatic heterocycles. The molecule has 0 unspecified atom stereocenters. The Morgan fingerprint density at radius 3 is 2.82 bits per heavy atom. The zero-order valence-corrected chi connectivity index (χ0v) is 13.1. The summed E-state index contributed by atoms with van der Waals surface area (Å²) in [7, 11) is 1.22. The maximum absolute atomic E-state index is 11.8. The Bertz CT molecular complexity index is 755. The molecule has 0 atom stereocenters. The molecule has 0 aliphatic carbocycles. The lowest BCUT2D eigenvalue weighted by atomic mass is 10.2. The molecule has 1 heterocycles. The molecule has 0 aliphatic heterocycles. The molecule has 0 saturated carbocycles. The van der Waals surface area contributed by atoms with Gasteiger partial charge in [-0.3, -0.25) is 19.7 Å². The molecule has 8 nitrogen and oxygen atoms in total. The van der Waals surface area contributed by atoms with Crippen LogP contribution in [-0.4, -0.2) is 35.0 Å². The lowest BCUT2D eigenvalue weighted by molar-refractivity contribution is -0.383. The van der Waals surface area contributed by atoms with E-state index in [0.717, 1.165) is 4.47 Å². The Labute approximate surface area is 133 Å². The molecular weight excluding hydrogens is 358 g/mol. The first kappa shape index (κ1) is 16.0. The highest BCUT2D eigenvalue weighted by atomic mass is 79.9. The third-order valence-corrected chi connectivity index (χ3v) is 3.48. The van der Waals surface area contributed by atoms with Gasteiger partial charge in [0.1, 0.15) is 13.1 Å². The largest absolute Gasteiger partial charge is 0.468 e. The molecule has 22 heavy (non-hydrogen) atoms. The molecule has 2 rings (SSSR count). The monoisotopic (exact) mass is 369 g/mol. The third-order valence-electron chi connectivity index (χ3n) is 2.99. The topological polar surface area (TPSA) is 103 Å². The fraction of sp³-hybridized carbons (Fsp3) is 0.231. The first-order valence-corrected chi connectivity index (χ1v) is 6.98. The van der Waals surface area contributed by atoms with Gasteiger partial charge in [0.2, 0.25) is 5.91 Å². The number of fused-ring (bicyclic) bond motifs is 1. The maximum atomic E-state index is 11.8. The summed E-state index contributed by atoms with van der Waals surface area (Å²) in [6.07, 6.45) is 1.30. The van der Waals surface area contributed by atoms with Crippen molar-refractivity contribution < 1.29 is 19.2 Å². The molecule has 0 radical (unpaired) electrons. The summed E-state index contributed by atoms with van der Waals surface area (Å²) in [6.45, 7) is -0.391. The van der Waals surface area contributed by atoms with Crippen LogP contribution in [0.3, 0.4) is 0 Å². The predicted molar refractivity (Wildman–Crippen MR) is 81.3 cm³/mol. The van der Waals surface area contributed by atoms with E-state index >= 15 is 0 Å². The van der Waals surface area contributed by atoms with Crippen molar-refractivity contribution in [2.24, 2.45) is 0 Å². The van der Waals surface area contributed by atoms with Gasteiger partial charge in [0.15, 0.2) is 0 Å². The number of rotatable bonds is 5. The molecule has 1 aromatic carbocycles. The Kier molecular flexibility index (Phi) is 4.76. The fourth-order valence-electron chi connectivity index (χ4n) is 1.98. The van der Waals surface area contributed by atoms with Gasteiger partial charge in [-0.15, -0.1) is 0 Å². The maximum Gasteiger partial charge on any atom is 0.325 e. The number of nitrogens with zero attached hydrogens (tertiary/aromatic N) is 2. The standard InChI is InChI=1S/C13H12BrN3O5/c1-22-13(19)5-15-12(18)7-16-6-11(17(20)21)9-3-2-8(14)4-10(9)16/h2-4,6H,5,7H2,1H3,(H,15,18). The van der Waals surface area contributed by atoms with Gasteiger partial charge < -0.3 is 14.6 Å². The van der Waals surface area contributed by atoms with Gasteiger partial charge in [-0.2, -0.15) is 0 Å². The molecule has 0 fully saturated rings. The van der Waals surface area contributed by atoms with Crippen LogP contribution in [0.25, 0.3) is 10.9 Å². The summed E-state index contributed by atoms with van der Waals surface area (Å²) in [5.74, 6) is -1.02. The number of carbonyl (C=O) groups excluding carboxylic acids is 2. The molecule has 0 spiro atoms. The normalized spacial score (nSPS) is 10.5. The molecule has 116 valence electrons. The Balaban J connectivity index is 2.27. The molecule has 1 amide bonds. The van der Waals surface area contributed by atoms with Crippen molar-refractivity contribution in [3.63, 3.8) is 0 Å². The molecule has 0 bridgehead atoms. The van der Waals surface area contributed by atoms with Crippen LogP contribution < -0.4 is 5.32 Å². The van der Waals surface area contributed by atoms with E-state index in [1.807, 2.05) is 0 Å². The molecule has 0 saturated heterocycles. The van der Waals surface area contributed by atoms with Crippen molar-refractivity contribution >= 4 is 44.4 Å². The van der Waals surface area contributed by atoms with Gasteiger partial charge in [0, 0.05) is 4.47 Å². The number of hydrogen-bond donors (Lipinski definition) is 1. The Hall–Kier alpha value is -2.42. The lowest BCUT2D eigenvalue weighted by Gasteiger charge is -2.06. The molecule has 9 heteroatoms. The number of benzene rings is 1. The van der Waals surface area contributed by atoms with E-state index in [2.05, 4.69) is 26.0 Å². The number of halogens is 1. The second kappa shape index (κ2) is 6.56. The second-order valence-corrected chi connectivity index (χ2v) is 5.33. The van der Waals surface area contributed by atoms with Crippen LogP contribution in [0.4, 0.5) is 5.69 Å². The smallest absolute Gasteiger partial charge is 0.325 e. The first-order chi connectivity index (χ1) is 10.4. The van der Waals surface area contributed by atoms with Gasteiger partial charge >= 0.3 is 5.97 Å². The Morgan fingerprint density at radius 2 is 2.18 bits per heavy atom. The van der Waals surface area contributed by atoms with E-state index in [0.29, 0.717) is 10.9 Å². The van der Waals surface area contributed by atoms with E-state index in [9.17, 15) is 19.7 Å². The number of nitrogens with one attached hydrogen (secondary N) is 1. The van der Waals surface area contributed by atoms with Crippen LogP contribution in [0.1, 0.15) is 0 Å². The Morgan fingerprint density at radius 1 is 1.45 bits per heavy atom. The highest BCUT2D eigenvalue weighted by Crippen LogP contribution is 2.30. The number of aromatic nitrogens is 1. The van der Waals surface area contributed by atoms with Crippen LogP contribution >= 0.6 is 15.9 Å². The highest BCUT2D eigenvalue weighted by molar-refractivity contribution is 9.10. The average Bonchev–Trinajstić information content (AvgIpc) is 2.83. The number of amides is 1. The van der Waals surface area contributed by atoms with Gasteiger partial charge in [0.05, 0.1) is 29.1 Å².